The molecule has 3 rings (SSSR count). The molecule has 1 aromatic heterocycles. The molecule has 1 aliphatic rings. The molecule has 0 N–H and O–H groups in total. The van der Waals surface area contributed by atoms with Crippen LogP contribution in [0.2, 0.25) is 0 Å². The molecular weight excluding hydrogens is 346 g/mol. The SMILES string of the molecule is O=C(c1ccc(Br)cc1)N1CCC(Oc2ccncn2)CC1. The number of hydrogen-bond donors (Lipinski definition) is 0. The number of carbonyl (C=O) groups excluding carboxylic acids is 1. The summed E-state index contributed by atoms with van der Waals surface area (Å²) in [4.78, 5) is 22.2. The van der Waals surface area contributed by atoms with Crippen molar-refractivity contribution in [3.05, 3.63) is 52.9 Å². The lowest BCUT2D eigenvalue weighted by atomic mass is 10.1. The van der Waals surface area contributed by atoms with Gasteiger partial charge in [-0.2, -0.15) is 0 Å². The number of likely N-dealkylation sites (tertiary alicyclic amines) is 1. The molecule has 0 unspecified atom stereocenters. The Kier molecular flexibility index (Phi) is 4.68. The van der Waals surface area contributed by atoms with E-state index < -0.39 is 0 Å². The number of carbonyl (C=O) groups is 1. The Hall–Kier alpha value is -1.95. The van der Waals surface area contributed by atoms with Crippen molar-refractivity contribution in [1.29, 1.82) is 0 Å². The Bertz CT molecular complexity index is 626. The molecule has 1 fully saturated rings. The van der Waals surface area contributed by atoms with Crippen LogP contribution in [-0.2, 0) is 0 Å². The van der Waals surface area contributed by atoms with Crippen LogP contribution in [0.4, 0.5) is 0 Å². The van der Waals surface area contributed by atoms with Gasteiger partial charge in [0.05, 0.1) is 0 Å². The van der Waals surface area contributed by atoms with Crippen LogP contribution in [0, 0.1) is 0 Å². The monoisotopic (exact) mass is 361 g/mol. The van der Waals surface area contributed by atoms with E-state index in [9.17, 15) is 4.79 Å². The van der Waals surface area contributed by atoms with Crippen molar-refractivity contribution in [3.63, 3.8) is 0 Å². The fraction of sp³-hybridized carbons (Fsp3) is 0.312. The number of piperidine rings is 1. The largest absolute Gasteiger partial charge is 0.474 e. The quantitative estimate of drug-likeness (QED) is 0.843. The van der Waals surface area contributed by atoms with E-state index in [4.69, 9.17) is 4.74 Å². The molecule has 0 spiro atoms. The molecule has 5 nitrogen and oxygen atoms in total. The number of rotatable bonds is 3. The Balaban J connectivity index is 1.55. The van der Waals surface area contributed by atoms with E-state index in [0.717, 1.165) is 22.9 Å². The average molecular weight is 362 g/mol. The van der Waals surface area contributed by atoms with Crippen LogP contribution in [0.1, 0.15) is 23.2 Å². The van der Waals surface area contributed by atoms with Gasteiger partial charge < -0.3 is 9.64 Å². The van der Waals surface area contributed by atoms with Crippen LogP contribution >= 0.6 is 15.9 Å². The second-order valence-electron chi connectivity index (χ2n) is 5.16. The maximum absolute atomic E-state index is 12.4. The van der Waals surface area contributed by atoms with Crippen molar-refractivity contribution >= 4 is 21.8 Å². The van der Waals surface area contributed by atoms with Gasteiger partial charge in [0.1, 0.15) is 12.4 Å². The van der Waals surface area contributed by atoms with Crippen molar-refractivity contribution in [2.24, 2.45) is 0 Å². The van der Waals surface area contributed by atoms with Crippen molar-refractivity contribution in [3.8, 4) is 5.88 Å². The highest BCUT2D eigenvalue weighted by molar-refractivity contribution is 9.10. The zero-order chi connectivity index (χ0) is 15.4. The van der Waals surface area contributed by atoms with Gasteiger partial charge in [0.15, 0.2) is 0 Å². The molecule has 1 aromatic carbocycles. The minimum Gasteiger partial charge on any atom is -0.474 e. The lowest BCUT2D eigenvalue weighted by Gasteiger charge is -2.32. The van der Waals surface area contributed by atoms with Crippen LogP contribution in [-0.4, -0.2) is 40.0 Å². The molecule has 1 aliphatic heterocycles. The van der Waals surface area contributed by atoms with Gasteiger partial charge in [-0.15, -0.1) is 0 Å². The third-order valence-corrected chi connectivity index (χ3v) is 4.19. The second-order valence-corrected chi connectivity index (χ2v) is 6.08. The summed E-state index contributed by atoms with van der Waals surface area (Å²) >= 11 is 3.38. The summed E-state index contributed by atoms with van der Waals surface area (Å²) in [6, 6.07) is 9.21. The van der Waals surface area contributed by atoms with E-state index in [2.05, 4.69) is 25.9 Å². The highest BCUT2D eigenvalue weighted by Gasteiger charge is 2.24. The van der Waals surface area contributed by atoms with Crippen LogP contribution in [0.5, 0.6) is 5.88 Å². The molecule has 1 amide bonds. The summed E-state index contributed by atoms with van der Waals surface area (Å²) in [5.74, 6) is 0.667. The van der Waals surface area contributed by atoms with Gasteiger partial charge in [0.25, 0.3) is 5.91 Å². The first kappa shape index (κ1) is 15.0. The van der Waals surface area contributed by atoms with Crippen molar-refractivity contribution in [2.75, 3.05) is 13.1 Å². The third kappa shape index (κ3) is 3.62. The molecule has 22 heavy (non-hydrogen) atoms. The summed E-state index contributed by atoms with van der Waals surface area (Å²) in [7, 11) is 0. The molecule has 2 heterocycles. The fourth-order valence-electron chi connectivity index (χ4n) is 2.47. The number of amides is 1. The van der Waals surface area contributed by atoms with Crippen LogP contribution < -0.4 is 4.74 Å². The Morgan fingerprint density at radius 2 is 1.91 bits per heavy atom. The summed E-state index contributed by atoms with van der Waals surface area (Å²) in [5.41, 5.74) is 0.721. The molecule has 0 aliphatic carbocycles. The molecular formula is C16H16BrN3O2. The zero-order valence-corrected chi connectivity index (χ0v) is 13.6. The third-order valence-electron chi connectivity index (χ3n) is 3.66. The predicted molar refractivity (Wildman–Crippen MR) is 85.7 cm³/mol. The highest BCUT2D eigenvalue weighted by atomic mass is 79.9. The lowest BCUT2D eigenvalue weighted by molar-refractivity contribution is 0.0587. The lowest BCUT2D eigenvalue weighted by Crippen LogP contribution is -2.41. The first-order valence-corrected chi connectivity index (χ1v) is 7.99. The van der Waals surface area contributed by atoms with E-state index in [-0.39, 0.29) is 12.0 Å². The van der Waals surface area contributed by atoms with Crippen molar-refractivity contribution in [1.82, 2.24) is 14.9 Å². The molecule has 0 bridgehead atoms. The van der Waals surface area contributed by atoms with E-state index in [1.807, 2.05) is 29.2 Å². The number of benzene rings is 1. The zero-order valence-electron chi connectivity index (χ0n) is 12.0. The van der Waals surface area contributed by atoms with Crippen molar-refractivity contribution in [2.45, 2.75) is 18.9 Å². The smallest absolute Gasteiger partial charge is 0.253 e. The minimum absolute atomic E-state index is 0.0768. The average Bonchev–Trinajstić information content (AvgIpc) is 2.57. The topological polar surface area (TPSA) is 55.3 Å². The normalized spacial score (nSPS) is 15.6. The fourth-order valence-corrected chi connectivity index (χ4v) is 2.74. The number of nitrogens with zero attached hydrogens (tertiary/aromatic N) is 3. The number of halogens is 1. The molecule has 0 radical (unpaired) electrons. The number of hydrogen-bond acceptors (Lipinski definition) is 4. The first-order valence-electron chi connectivity index (χ1n) is 7.20. The maximum atomic E-state index is 12.4. The minimum atomic E-state index is 0.0768. The standard InChI is InChI=1S/C16H16BrN3O2/c17-13-3-1-12(2-4-13)16(21)20-9-6-14(7-10-20)22-15-5-8-18-11-19-15/h1-5,8,11,14H,6-7,9-10H2. The van der Waals surface area contributed by atoms with Crippen LogP contribution in [0.3, 0.4) is 0 Å². The summed E-state index contributed by atoms with van der Waals surface area (Å²) in [6.07, 6.45) is 4.86. The van der Waals surface area contributed by atoms with Gasteiger partial charge in [-0.25, -0.2) is 9.97 Å². The van der Waals surface area contributed by atoms with E-state index in [1.54, 1.807) is 12.3 Å². The summed E-state index contributed by atoms with van der Waals surface area (Å²) in [5, 5.41) is 0. The van der Waals surface area contributed by atoms with Gasteiger partial charge in [-0.1, -0.05) is 15.9 Å². The van der Waals surface area contributed by atoms with E-state index in [1.165, 1.54) is 6.33 Å². The van der Waals surface area contributed by atoms with Gasteiger partial charge in [-0.3, -0.25) is 4.79 Å². The highest BCUT2D eigenvalue weighted by Crippen LogP contribution is 2.19. The molecule has 114 valence electrons. The molecule has 2 aromatic rings. The first-order chi connectivity index (χ1) is 10.7. The number of ether oxygens (including phenoxy) is 1. The molecule has 0 saturated carbocycles. The van der Waals surface area contributed by atoms with Gasteiger partial charge >= 0.3 is 0 Å². The maximum Gasteiger partial charge on any atom is 0.253 e. The van der Waals surface area contributed by atoms with Gasteiger partial charge in [-0.05, 0) is 24.3 Å². The van der Waals surface area contributed by atoms with E-state index >= 15 is 0 Å². The van der Waals surface area contributed by atoms with Crippen LogP contribution in [0.15, 0.2) is 47.3 Å². The molecule has 6 heteroatoms. The van der Waals surface area contributed by atoms with Gasteiger partial charge in [0.2, 0.25) is 5.88 Å². The second kappa shape index (κ2) is 6.87. The summed E-state index contributed by atoms with van der Waals surface area (Å²) in [6.45, 7) is 1.40. The Labute approximate surface area is 137 Å². The Morgan fingerprint density at radius 1 is 1.18 bits per heavy atom. The summed E-state index contributed by atoms with van der Waals surface area (Å²) < 4.78 is 6.78. The van der Waals surface area contributed by atoms with Crippen LogP contribution in [0.25, 0.3) is 0 Å². The van der Waals surface area contributed by atoms with E-state index in [0.29, 0.717) is 19.0 Å². The van der Waals surface area contributed by atoms with Gasteiger partial charge in [0, 0.05) is 48.2 Å². The van der Waals surface area contributed by atoms with Crippen molar-refractivity contribution < 1.29 is 9.53 Å². The molecule has 1 saturated heterocycles. The number of aromatic nitrogens is 2. The molecule has 0 atom stereocenters. The Morgan fingerprint density at radius 3 is 2.55 bits per heavy atom. The predicted octanol–water partition coefficient (Wildman–Crippen LogP) is 2.92.